The number of hydrogen-bond donors (Lipinski definition) is 0. The van der Waals surface area contributed by atoms with E-state index in [0.717, 1.165) is 15.7 Å². The number of aromatic nitrogens is 3. The van der Waals surface area contributed by atoms with Gasteiger partial charge in [-0.05, 0) is 48.9 Å². The minimum atomic E-state index is -0.548. The van der Waals surface area contributed by atoms with Crippen LogP contribution in [-0.4, -0.2) is 27.0 Å². The summed E-state index contributed by atoms with van der Waals surface area (Å²) in [5.74, 6) is 0.380. The van der Waals surface area contributed by atoms with Crippen LogP contribution >= 0.6 is 0 Å². The van der Waals surface area contributed by atoms with E-state index in [9.17, 15) is 14.4 Å². The number of pyridine rings is 1. The van der Waals surface area contributed by atoms with E-state index in [4.69, 9.17) is 4.74 Å². The number of aryl methyl sites for hydroxylation is 1. The number of Topliss-reactive ketones (excluding diaryl/α,β-unsaturated/α-hetero) is 1. The molecular weight excluding hydrogens is 394 g/mol. The highest BCUT2D eigenvalue weighted by Crippen LogP contribution is 2.13. The van der Waals surface area contributed by atoms with Crippen molar-refractivity contribution in [3.05, 3.63) is 104 Å². The second kappa shape index (κ2) is 8.39. The average Bonchev–Trinajstić information content (AvgIpc) is 2.80. The summed E-state index contributed by atoms with van der Waals surface area (Å²) in [6.07, 6.45) is 1.50. The van der Waals surface area contributed by atoms with Gasteiger partial charge in [0.2, 0.25) is 0 Å². The summed E-state index contributed by atoms with van der Waals surface area (Å²) in [5.41, 5.74) is 1.80. The molecule has 0 saturated carbocycles. The first kappa shape index (κ1) is 20.3. The number of rotatable bonds is 6. The fraction of sp³-hybridized carbons (Fsp3) is 0.167. The van der Waals surface area contributed by atoms with E-state index in [2.05, 4.69) is 4.98 Å². The summed E-state index contributed by atoms with van der Waals surface area (Å²) in [5, 5.41) is 0. The van der Waals surface area contributed by atoms with Gasteiger partial charge in [0.05, 0.1) is 25.7 Å². The zero-order valence-corrected chi connectivity index (χ0v) is 17.2. The number of ketones is 1. The molecule has 0 saturated heterocycles. The maximum Gasteiger partial charge on any atom is 0.332 e. The molecule has 0 N–H and O–H groups in total. The Kier molecular flexibility index (Phi) is 5.49. The number of nitrogens with zero attached hydrogens (tertiary/aromatic N) is 3. The molecule has 2 aromatic heterocycles. The summed E-state index contributed by atoms with van der Waals surface area (Å²) >= 11 is 0. The zero-order chi connectivity index (χ0) is 22.0. The lowest BCUT2D eigenvalue weighted by Crippen LogP contribution is -2.41. The smallest absolute Gasteiger partial charge is 0.332 e. The van der Waals surface area contributed by atoms with Crippen LogP contribution in [-0.2, 0) is 13.1 Å². The Bertz CT molecular complexity index is 1370. The summed E-state index contributed by atoms with van der Waals surface area (Å²) < 4.78 is 7.56. The molecule has 0 radical (unpaired) electrons. The number of hydrogen-bond acceptors (Lipinski definition) is 5. The van der Waals surface area contributed by atoms with Gasteiger partial charge in [0, 0.05) is 11.8 Å². The third-order valence-electron chi connectivity index (χ3n) is 5.16. The van der Waals surface area contributed by atoms with Gasteiger partial charge in [0.15, 0.2) is 11.3 Å². The molecule has 7 heteroatoms. The highest BCUT2D eigenvalue weighted by atomic mass is 16.5. The molecule has 0 atom stereocenters. The van der Waals surface area contributed by atoms with Crippen molar-refractivity contribution in [3.8, 4) is 5.75 Å². The molecule has 0 fully saturated rings. The van der Waals surface area contributed by atoms with Gasteiger partial charge in [0.1, 0.15) is 5.75 Å². The summed E-state index contributed by atoms with van der Waals surface area (Å²) in [6.45, 7) is 1.86. The van der Waals surface area contributed by atoms with Crippen LogP contribution in [0.1, 0.15) is 21.5 Å². The van der Waals surface area contributed by atoms with E-state index >= 15 is 0 Å². The van der Waals surface area contributed by atoms with Crippen molar-refractivity contribution < 1.29 is 9.53 Å². The predicted octanol–water partition coefficient (Wildman–Crippen LogP) is 2.81. The van der Waals surface area contributed by atoms with Gasteiger partial charge in [-0.1, -0.05) is 29.8 Å². The van der Waals surface area contributed by atoms with Crippen molar-refractivity contribution in [2.45, 2.75) is 20.0 Å². The van der Waals surface area contributed by atoms with Gasteiger partial charge in [-0.15, -0.1) is 0 Å². The fourth-order valence-electron chi connectivity index (χ4n) is 3.42. The number of ether oxygens (including phenoxy) is 1. The standard InChI is InChI=1S/C24H21N3O4/c1-16-5-7-17(8-6-16)14-27-23(29)22-20(4-3-13-25-22)26(24(27)30)15-21(28)18-9-11-19(31-2)12-10-18/h3-13H,14-15H2,1-2H3. The number of carbonyl (C=O) groups is 1. The Balaban J connectivity index is 1.80. The van der Waals surface area contributed by atoms with Crippen LogP contribution in [0.2, 0.25) is 0 Å². The first-order valence-corrected chi connectivity index (χ1v) is 9.79. The Hall–Kier alpha value is -4.00. The largest absolute Gasteiger partial charge is 0.497 e. The number of carbonyl (C=O) groups excluding carboxylic acids is 1. The van der Waals surface area contributed by atoms with Crippen LogP contribution in [0.15, 0.2) is 76.4 Å². The maximum atomic E-state index is 13.3. The molecule has 0 aliphatic carbocycles. The normalized spacial score (nSPS) is 10.9. The molecule has 0 unspecified atom stereocenters. The van der Waals surface area contributed by atoms with Crippen molar-refractivity contribution in [1.29, 1.82) is 0 Å². The molecule has 2 aromatic carbocycles. The first-order chi connectivity index (χ1) is 15.0. The van der Waals surface area contributed by atoms with Crippen molar-refractivity contribution >= 4 is 16.8 Å². The number of benzene rings is 2. The van der Waals surface area contributed by atoms with Crippen LogP contribution in [0.3, 0.4) is 0 Å². The lowest BCUT2D eigenvalue weighted by Gasteiger charge is -2.13. The molecule has 0 aliphatic heterocycles. The van der Waals surface area contributed by atoms with Gasteiger partial charge < -0.3 is 4.74 Å². The van der Waals surface area contributed by atoms with Gasteiger partial charge in [0.25, 0.3) is 5.56 Å². The first-order valence-electron chi connectivity index (χ1n) is 9.79. The molecule has 7 nitrogen and oxygen atoms in total. The molecule has 2 heterocycles. The van der Waals surface area contributed by atoms with Crippen LogP contribution in [0.25, 0.3) is 11.0 Å². The van der Waals surface area contributed by atoms with Gasteiger partial charge >= 0.3 is 5.69 Å². The molecular formula is C24H21N3O4. The van der Waals surface area contributed by atoms with Crippen LogP contribution < -0.4 is 16.0 Å². The second-order valence-electron chi connectivity index (χ2n) is 7.27. The minimum Gasteiger partial charge on any atom is -0.497 e. The van der Waals surface area contributed by atoms with Crippen LogP contribution in [0.5, 0.6) is 5.75 Å². The molecule has 156 valence electrons. The van der Waals surface area contributed by atoms with E-state index in [1.54, 1.807) is 43.5 Å². The Labute approximate surface area is 178 Å². The number of fused-ring (bicyclic) bond motifs is 1. The molecule has 4 aromatic rings. The van der Waals surface area contributed by atoms with Crippen LogP contribution in [0.4, 0.5) is 0 Å². The van der Waals surface area contributed by atoms with Crippen molar-refractivity contribution in [2.24, 2.45) is 0 Å². The Morgan fingerprint density at radius 3 is 2.35 bits per heavy atom. The van der Waals surface area contributed by atoms with Crippen molar-refractivity contribution in [1.82, 2.24) is 14.1 Å². The SMILES string of the molecule is COc1ccc(C(=O)Cn2c(=O)n(Cc3ccc(C)cc3)c(=O)c3ncccc32)cc1. The van der Waals surface area contributed by atoms with E-state index < -0.39 is 11.2 Å². The summed E-state index contributed by atoms with van der Waals surface area (Å²) in [7, 11) is 1.55. The summed E-state index contributed by atoms with van der Waals surface area (Å²) in [6, 6.07) is 17.5. The minimum absolute atomic E-state index is 0.0984. The van der Waals surface area contributed by atoms with Crippen LogP contribution in [0, 0.1) is 6.92 Å². The highest BCUT2D eigenvalue weighted by Gasteiger charge is 2.17. The van der Waals surface area contributed by atoms with E-state index in [1.165, 1.54) is 10.8 Å². The topological polar surface area (TPSA) is 83.2 Å². The Morgan fingerprint density at radius 2 is 1.68 bits per heavy atom. The monoisotopic (exact) mass is 415 g/mol. The Morgan fingerprint density at radius 1 is 0.968 bits per heavy atom. The lowest BCUT2D eigenvalue weighted by atomic mass is 10.1. The zero-order valence-electron chi connectivity index (χ0n) is 17.2. The van der Waals surface area contributed by atoms with Gasteiger partial charge in [-0.2, -0.15) is 0 Å². The average molecular weight is 415 g/mol. The molecule has 0 spiro atoms. The maximum absolute atomic E-state index is 13.3. The molecule has 0 aliphatic rings. The van der Waals surface area contributed by atoms with E-state index in [1.807, 2.05) is 31.2 Å². The number of methoxy groups -OCH3 is 1. The third-order valence-corrected chi connectivity index (χ3v) is 5.16. The highest BCUT2D eigenvalue weighted by molar-refractivity contribution is 5.96. The van der Waals surface area contributed by atoms with Crippen molar-refractivity contribution in [2.75, 3.05) is 7.11 Å². The van der Waals surface area contributed by atoms with Gasteiger partial charge in [-0.25, -0.2) is 9.78 Å². The molecule has 31 heavy (non-hydrogen) atoms. The quantitative estimate of drug-likeness (QED) is 0.452. The molecule has 0 amide bonds. The second-order valence-corrected chi connectivity index (χ2v) is 7.27. The third kappa shape index (κ3) is 4.02. The van der Waals surface area contributed by atoms with E-state index in [0.29, 0.717) is 16.8 Å². The fourth-order valence-corrected chi connectivity index (χ4v) is 3.42. The van der Waals surface area contributed by atoms with Crippen molar-refractivity contribution in [3.63, 3.8) is 0 Å². The lowest BCUT2D eigenvalue weighted by molar-refractivity contribution is 0.0971. The molecule has 4 rings (SSSR count). The van der Waals surface area contributed by atoms with Gasteiger partial charge in [-0.3, -0.25) is 18.7 Å². The predicted molar refractivity (Wildman–Crippen MR) is 118 cm³/mol. The molecule has 0 bridgehead atoms. The van der Waals surface area contributed by atoms with E-state index in [-0.39, 0.29) is 24.4 Å². The summed E-state index contributed by atoms with van der Waals surface area (Å²) in [4.78, 5) is 43.3.